The topological polar surface area (TPSA) is 203 Å². The summed E-state index contributed by atoms with van der Waals surface area (Å²) in [5.74, 6) is -2.32. The minimum atomic E-state index is -0.691. The van der Waals surface area contributed by atoms with Gasteiger partial charge in [0.05, 0.1) is 21.0 Å². The van der Waals surface area contributed by atoms with Crippen molar-refractivity contribution in [1.29, 1.82) is 0 Å². The Labute approximate surface area is 268 Å². The molecule has 0 saturated carbocycles. The van der Waals surface area contributed by atoms with Crippen molar-refractivity contribution >= 4 is 78.8 Å². The molecule has 0 radical (unpaired) electrons. The van der Waals surface area contributed by atoms with E-state index < -0.39 is 29.4 Å². The van der Waals surface area contributed by atoms with Gasteiger partial charge >= 0.3 is 6.09 Å². The second kappa shape index (κ2) is 18.7. The highest BCUT2D eigenvalue weighted by Gasteiger charge is 2.37. The molecule has 244 valence electrons. The maximum atomic E-state index is 12.9. The Kier molecular flexibility index (Phi) is 16.2. The number of rotatable bonds is 21. The molecular formula is C26H44N6O7S4. The molecule has 13 nitrogen and oxygen atoms in total. The Balaban J connectivity index is 1.78. The quantitative estimate of drug-likeness (QED) is 0.0674. The van der Waals surface area contributed by atoms with Gasteiger partial charge < -0.3 is 37.1 Å². The number of hydrogen-bond acceptors (Lipinski definition) is 11. The Morgan fingerprint density at radius 1 is 0.721 bits per heavy atom. The van der Waals surface area contributed by atoms with Crippen LogP contribution in [0.3, 0.4) is 0 Å². The Hall–Kier alpha value is -1.98. The van der Waals surface area contributed by atoms with Gasteiger partial charge in [-0.25, -0.2) is 4.79 Å². The lowest BCUT2D eigenvalue weighted by Gasteiger charge is -2.23. The van der Waals surface area contributed by atoms with E-state index in [0.717, 1.165) is 4.90 Å². The zero-order valence-corrected chi connectivity index (χ0v) is 28.2. The molecule has 2 fully saturated rings. The molecule has 2 atom stereocenters. The van der Waals surface area contributed by atoms with E-state index in [1.165, 1.54) is 0 Å². The van der Waals surface area contributed by atoms with Crippen LogP contribution in [0.4, 0.5) is 4.79 Å². The van der Waals surface area contributed by atoms with Crippen LogP contribution >= 0.6 is 43.2 Å². The second-order valence-corrected chi connectivity index (χ2v) is 17.0. The van der Waals surface area contributed by atoms with E-state index in [9.17, 15) is 28.8 Å². The first-order valence-electron chi connectivity index (χ1n) is 14.3. The van der Waals surface area contributed by atoms with E-state index in [4.69, 9.17) is 16.2 Å². The molecule has 0 aromatic carbocycles. The van der Waals surface area contributed by atoms with Crippen LogP contribution < -0.4 is 27.4 Å². The summed E-state index contributed by atoms with van der Waals surface area (Å²) in [6.07, 6.45) is 3.20. The average molecular weight is 681 g/mol. The monoisotopic (exact) mass is 680 g/mol. The predicted molar refractivity (Wildman–Crippen MR) is 172 cm³/mol. The lowest BCUT2D eigenvalue weighted by Crippen LogP contribution is -2.47. The van der Waals surface area contributed by atoms with Crippen LogP contribution in [0.25, 0.3) is 0 Å². The van der Waals surface area contributed by atoms with Crippen molar-refractivity contribution in [2.75, 3.05) is 32.7 Å². The van der Waals surface area contributed by atoms with Gasteiger partial charge in [-0.15, -0.1) is 0 Å². The fraction of sp³-hybridized carbons (Fsp3) is 0.769. The SMILES string of the molecule is CC(C)(C)OC(=O)NCCC(=O)N(CC(=O)NCCCC[C@@H](C(N)=O)C1SS1)CC(=O)NCCCC[C@@H](C(N)=O)C1SS1. The van der Waals surface area contributed by atoms with Crippen molar-refractivity contribution in [1.82, 2.24) is 20.9 Å². The molecule has 17 heteroatoms. The molecule has 0 aliphatic carbocycles. The number of primary amides is 2. The first-order chi connectivity index (χ1) is 20.3. The van der Waals surface area contributed by atoms with Crippen molar-refractivity contribution in [2.45, 2.75) is 80.5 Å². The van der Waals surface area contributed by atoms with Crippen LogP contribution in [0.1, 0.15) is 65.7 Å². The zero-order valence-electron chi connectivity index (χ0n) is 24.9. The minimum absolute atomic E-state index is 0.0231. The van der Waals surface area contributed by atoms with E-state index in [2.05, 4.69) is 16.0 Å². The highest BCUT2D eigenvalue weighted by molar-refractivity contribution is 8.93. The van der Waals surface area contributed by atoms with Crippen molar-refractivity contribution < 1.29 is 33.5 Å². The van der Waals surface area contributed by atoms with Crippen LogP contribution in [0, 0.1) is 11.8 Å². The highest BCUT2D eigenvalue weighted by Crippen LogP contribution is 2.58. The van der Waals surface area contributed by atoms with Gasteiger partial charge in [0.15, 0.2) is 0 Å². The molecule has 0 aromatic rings. The van der Waals surface area contributed by atoms with Gasteiger partial charge in [-0.3, -0.25) is 24.0 Å². The molecular weight excluding hydrogens is 637 g/mol. The van der Waals surface area contributed by atoms with E-state index in [1.807, 2.05) is 0 Å². The lowest BCUT2D eigenvalue weighted by atomic mass is 10.0. The van der Waals surface area contributed by atoms with Gasteiger partial charge in [-0.05, 0) is 46.5 Å². The summed E-state index contributed by atoms with van der Waals surface area (Å²) in [6.45, 7) is 5.20. The average Bonchev–Trinajstić information content (AvgIpc) is 3.81. The van der Waals surface area contributed by atoms with Crippen molar-refractivity contribution in [3.63, 3.8) is 0 Å². The largest absolute Gasteiger partial charge is 0.444 e. The molecule has 2 aliphatic heterocycles. The van der Waals surface area contributed by atoms with Crippen LogP contribution in [0.2, 0.25) is 0 Å². The molecule has 2 heterocycles. The number of alkyl carbamates (subject to hydrolysis) is 1. The van der Waals surface area contributed by atoms with Crippen molar-refractivity contribution in [3.8, 4) is 0 Å². The molecule has 43 heavy (non-hydrogen) atoms. The summed E-state index contributed by atoms with van der Waals surface area (Å²) in [5.41, 5.74) is 10.2. The van der Waals surface area contributed by atoms with Crippen LogP contribution in [0.15, 0.2) is 0 Å². The van der Waals surface area contributed by atoms with E-state index >= 15 is 0 Å². The summed E-state index contributed by atoms with van der Waals surface area (Å²) in [5, 5.41) is 8.03. The van der Waals surface area contributed by atoms with Crippen LogP contribution in [-0.2, 0) is 28.7 Å². The van der Waals surface area contributed by atoms with Gasteiger partial charge in [0, 0.05) is 26.1 Å². The third-order valence-corrected chi connectivity index (χ3v) is 11.0. The molecule has 0 aromatic heterocycles. The van der Waals surface area contributed by atoms with E-state index in [0.29, 0.717) is 51.6 Å². The van der Waals surface area contributed by atoms with Gasteiger partial charge in [0.2, 0.25) is 29.5 Å². The smallest absolute Gasteiger partial charge is 0.407 e. The Bertz CT molecular complexity index is 938. The van der Waals surface area contributed by atoms with Crippen molar-refractivity contribution in [2.24, 2.45) is 23.3 Å². The summed E-state index contributed by atoms with van der Waals surface area (Å²) in [6, 6.07) is 0. The maximum Gasteiger partial charge on any atom is 0.407 e. The minimum Gasteiger partial charge on any atom is -0.444 e. The number of carbonyl (C=O) groups is 6. The molecule has 0 unspecified atom stereocenters. The number of ether oxygens (including phenoxy) is 1. The van der Waals surface area contributed by atoms with Gasteiger partial charge in [0.1, 0.15) is 18.7 Å². The van der Waals surface area contributed by atoms with E-state index in [1.54, 1.807) is 63.9 Å². The summed E-state index contributed by atoms with van der Waals surface area (Å²) < 4.78 is 5.60. The third kappa shape index (κ3) is 16.6. The first kappa shape index (κ1) is 37.2. The molecule has 2 aliphatic rings. The fourth-order valence-electron chi connectivity index (χ4n) is 4.03. The normalized spacial score (nSPS) is 16.0. The van der Waals surface area contributed by atoms with Gasteiger partial charge in [-0.2, -0.15) is 0 Å². The highest BCUT2D eigenvalue weighted by atomic mass is 33.2. The molecule has 2 rings (SSSR count). The first-order valence-corrected chi connectivity index (χ1v) is 18.8. The molecule has 0 bridgehead atoms. The number of unbranched alkanes of at least 4 members (excludes halogenated alkanes) is 2. The zero-order chi connectivity index (χ0) is 32.0. The van der Waals surface area contributed by atoms with Crippen LogP contribution in [0.5, 0.6) is 0 Å². The Morgan fingerprint density at radius 3 is 1.53 bits per heavy atom. The summed E-state index contributed by atoms with van der Waals surface area (Å²) >= 11 is 0. The number of nitrogens with zero attached hydrogens (tertiary/aromatic N) is 1. The summed E-state index contributed by atoms with van der Waals surface area (Å²) in [7, 11) is 6.55. The van der Waals surface area contributed by atoms with Gasteiger partial charge in [-0.1, -0.05) is 56.0 Å². The van der Waals surface area contributed by atoms with Crippen LogP contribution in [-0.4, -0.2) is 88.0 Å². The number of nitrogens with two attached hydrogens (primary N) is 2. The molecule has 6 amide bonds. The number of nitrogens with one attached hydrogen (secondary N) is 3. The molecule has 7 N–H and O–H groups in total. The Morgan fingerprint density at radius 2 is 1.16 bits per heavy atom. The number of hydrogen-bond donors (Lipinski definition) is 5. The predicted octanol–water partition coefficient (Wildman–Crippen LogP) is 1.95. The number of carbonyl (C=O) groups excluding carboxylic acids is 6. The van der Waals surface area contributed by atoms with Crippen molar-refractivity contribution in [3.05, 3.63) is 0 Å². The second-order valence-electron chi connectivity index (χ2n) is 11.3. The molecule has 2 saturated heterocycles. The van der Waals surface area contributed by atoms with E-state index in [-0.39, 0.29) is 58.9 Å². The lowest BCUT2D eigenvalue weighted by molar-refractivity contribution is -0.139. The third-order valence-electron chi connectivity index (χ3n) is 6.36. The number of amides is 6. The van der Waals surface area contributed by atoms with Gasteiger partial charge in [0.25, 0.3) is 0 Å². The summed E-state index contributed by atoms with van der Waals surface area (Å²) in [4.78, 5) is 74.4. The maximum absolute atomic E-state index is 12.9. The molecule has 0 spiro atoms. The fourth-order valence-corrected chi connectivity index (χ4v) is 7.77. The standard InChI is InChI=1S/C26H44N6O7S4/c1-26(2,3)39-25(38)31-13-10-20(35)32(14-18(33)29-11-6-4-8-16(21(27)36)23-40-41-23)15-19(34)30-12-7-5-9-17(22(28)37)24-42-43-24/h16-17,23-24H,4-15H2,1-3H3,(H2,27,36)(H2,28,37)(H,29,33)(H,30,34)(H,31,38)/t16-,17-/m0/s1.